The van der Waals surface area contributed by atoms with Crippen LogP contribution in [-0.2, 0) is 4.74 Å². The van der Waals surface area contributed by atoms with Crippen LogP contribution in [0.5, 0.6) is 0 Å². The molecule has 0 radical (unpaired) electrons. The summed E-state index contributed by atoms with van der Waals surface area (Å²) in [6.07, 6.45) is 9.86. The molecule has 1 saturated carbocycles. The number of rotatable bonds is 4. The normalized spacial score (nSPS) is 19.1. The summed E-state index contributed by atoms with van der Waals surface area (Å²) in [6, 6.07) is 8.69. The third kappa shape index (κ3) is 3.44. The fourth-order valence-electron chi connectivity index (χ4n) is 4.29. The van der Waals surface area contributed by atoms with Gasteiger partial charge in [0.05, 0.1) is 11.7 Å². The fraction of sp³-hybridized carbons (Fsp3) is 0.550. The Morgan fingerprint density at radius 3 is 2.43 bits per heavy atom. The highest BCUT2D eigenvalue weighted by Gasteiger charge is 2.26. The molecular formula is C20H25N7O. The highest BCUT2D eigenvalue weighted by molar-refractivity contribution is 5.57. The van der Waals surface area contributed by atoms with Crippen LogP contribution in [0.1, 0.15) is 62.7 Å². The maximum Gasteiger partial charge on any atom is 0.158 e. The molecule has 1 aliphatic heterocycles. The molecule has 0 unspecified atom stereocenters. The molecule has 146 valence electrons. The van der Waals surface area contributed by atoms with Gasteiger partial charge in [-0.1, -0.05) is 19.3 Å². The number of nitrogens with zero attached hydrogens (tertiary/aromatic N) is 7. The van der Waals surface area contributed by atoms with E-state index in [-0.39, 0.29) is 0 Å². The summed E-state index contributed by atoms with van der Waals surface area (Å²) < 4.78 is 9.39. The Bertz CT molecular complexity index is 891. The van der Waals surface area contributed by atoms with Gasteiger partial charge >= 0.3 is 0 Å². The van der Waals surface area contributed by atoms with Crippen LogP contribution in [0.15, 0.2) is 30.6 Å². The Kier molecular flexibility index (Phi) is 4.86. The van der Waals surface area contributed by atoms with Crippen molar-refractivity contribution in [2.24, 2.45) is 0 Å². The summed E-state index contributed by atoms with van der Waals surface area (Å²) in [5, 5.41) is 16.4. The predicted molar refractivity (Wildman–Crippen MR) is 103 cm³/mol. The quantitative estimate of drug-likeness (QED) is 0.691. The molecule has 1 saturated heterocycles. The Balaban J connectivity index is 1.50. The van der Waals surface area contributed by atoms with Crippen molar-refractivity contribution in [3.63, 3.8) is 0 Å². The van der Waals surface area contributed by atoms with Gasteiger partial charge in [0.1, 0.15) is 6.33 Å². The third-order valence-electron chi connectivity index (χ3n) is 5.89. The van der Waals surface area contributed by atoms with Crippen molar-refractivity contribution < 1.29 is 4.74 Å². The molecule has 2 aliphatic rings. The Morgan fingerprint density at radius 2 is 1.71 bits per heavy atom. The minimum absolute atomic E-state index is 0.401. The lowest BCUT2D eigenvalue weighted by molar-refractivity contribution is 0.0834. The molecule has 0 amide bonds. The molecule has 2 fully saturated rings. The summed E-state index contributed by atoms with van der Waals surface area (Å²) >= 11 is 0. The first kappa shape index (κ1) is 17.5. The molecule has 0 bridgehead atoms. The minimum atomic E-state index is 0.401. The number of ether oxygens (including phenoxy) is 1. The molecule has 1 aliphatic carbocycles. The van der Waals surface area contributed by atoms with E-state index >= 15 is 0 Å². The van der Waals surface area contributed by atoms with Crippen LogP contribution in [0.25, 0.3) is 17.1 Å². The average Bonchev–Trinajstić information content (AvgIpc) is 3.46. The topological polar surface area (TPSA) is 83.5 Å². The van der Waals surface area contributed by atoms with Gasteiger partial charge in [-0.3, -0.25) is 0 Å². The van der Waals surface area contributed by atoms with Crippen LogP contribution in [-0.4, -0.2) is 48.2 Å². The van der Waals surface area contributed by atoms with E-state index in [2.05, 4.69) is 32.3 Å². The zero-order valence-electron chi connectivity index (χ0n) is 15.9. The van der Waals surface area contributed by atoms with E-state index in [9.17, 15) is 0 Å². The monoisotopic (exact) mass is 379 g/mol. The van der Waals surface area contributed by atoms with E-state index in [0.29, 0.717) is 12.0 Å². The van der Waals surface area contributed by atoms with E-state index < -0.39 is 0 Å². The zero-order chi connectivity index (χ0) is 18.8. The van der Waals surface area contributed by atoms with Gasteiger partial charge in [0.25, 0.3) is 0 Å². The largest absolute Gasteiger partial charge is 0.381 e. The van der Waals surface area contributed by atoms with E-state index in [1.807, 2.05) is 12.1 Å². The highest BCUT2D eigenvalue weighted by atomic mass is 16.5. The molecule has 3 aromatic rings. The number of hydrogen-bond donors (Lipinski definition) is 0. The van der Waals surface area contributed by atoms with Gasteiger partial charge in [0.2, 0.25) is 0 Å². The van der Waals surface area contributed by atoms with Gasteiger partial charge in [-0.05, 0) is 60.4 Å². The van der Waals surface area contributed by atoms with Gasteiger partial charge in [0, 0.05) is 24.7 Å². The lowest BCUT2D eigenvalue weighted by Crippen LogP contribution is -2.17. The van der Waals surface area contributed by atoms with Gasteiger partial charge in [-0.2, -0.15) is 5.10 Å². The lowest BCUT2D eigenvalue weighted by atomic mass is 9.95. The molecule has 2 aromatic heterocycles. The number of benzene rings is 1. The second-order valence-corrected chi connectivity index (χ2v) is 7.72. The molecule has 8 nitrogen and oxygen atoms in total. The molecule has 1 aromatic carbocycles. The van der Waals surface area contributed by atoms with E-state index in [1.165, 1.54) is 32.1 Å². The van der Waals surface area contributed by atoms with Crippen molar-refractivity contribution in [2.45, 2.75) is 56.9 Å². The van der Waals surface area contributed by atoms with Crippen LogP contribution in [0, 0.1) is 0 Å². The second kappa shape index (κ2) is 7.79. The molecule has 0 atom stereocenters. The predicted octanol–water partition coefficient (Wildman–Crippen LogP) is 3.32. The van der Waals surface area contributed by atoms with Crippen LogP contribution in [0.3, 0.4) is 0 Å². The van der Waals surface area contributed by atoms with Gasteiger partial charge in [-0.15, -0.1) is 5.10 Å². The van der Waals surface area contributed by atoms with E-state index in [0.717, 1.165) is 49.0 Å². The maximum absolute atomic E-state index is 5.53. The summed E-state index contributed by atoms with van der Waals surface area (Å²) in [6.45, 7) is 1.61. The molecule has 0 spiro atoms. The highest BCUT2D eigenvalue weighted by Crippen LogP contribution is 2.34. The van der Waals surface area contributed by atoms with Crippen molar-refractivity contribution in [1.82, 2.24) is 35.0 Å². The molecule has 5 rings (SSSR count). The second-order valence-electron chi connectivity index (χ2n) is 7.72. The van der Waals surface area contributed by atoms with E-state index in [4.69, 9.17) is 14.8 Å². The van der Waals surface area contributed by atoms with Crippen LogP contribution in [0.4, 0.5) is 0 Å². The Labute approximate surface area is 163 Å². The van der Waals surface area contributed by atoms with Crippen LogP contribution in [0.2, 0.25) is 0 Å². The van der Waals surface area contributed by atoms with Gasteiger partial charge in [-0.25, -0.2) is 14.3 Å². The van der Waals surface area contributed by atoms with Crippen molar-refractivity contribution in [2.75, 3.05) is 13.2 Å². The van der Waals surface area contributed by atoms with Crippen molar-refractivity contribution in [3.05, 3.63) is 36.4 Å². The summed E-state index contributed by atoms with van der Waals surface area (Å²) in [5.74, 6) is 2.36. The Hall–Kier alpha value is -2.61. The molecule has 0 N–H and O–H groups in total. The van der Waals surface area contributed by atoms with Crippen molar-refractivity contribution in [3.8, 4) is 17.1 Å². The first-order valence-corrected chi connectivity index (χ1v) is 10.3. The molecule has 8 heteroatoms. The number of tetrazole rings is 1. The third-order valence-corrected chi connectivity index (χ3v) is 5.89. The van der Waals surface area contributed by atoms with Crippen molar-refractivity contribution >= 4 is 0 Å². The first-order chi connectivity index (χ1) is 13.9. The van der Waals surface area contributed by atoms with E-state index in [1.54, 1.807) is 11.0 Å². The van der Waals surface area contributed by atoms with Gasteiger partial charge in [0.15, 0.2) is 11.6 Å². The van der Waals surface area contributed by atoms with Crippen LogP contribution < -0.4 is 0 Å². The fourth-order valence-corrected chi connectivity index (χ4v) is 4.29. The molecular weight excluding hydrogens is 354 g/mol. The number of hydrogen-bond acceptors (Lipinski definition) is 6. The zero-order valence-corrected chi connectivity index (χ0v) is 15.9. The SMILES string of the molecule is c1cc(-n2cnnn2)ccc1-c1nc(C2CCOCC2)nn1C1CCCCC1. The minimum Gasteiger partial charge on any atom is -0.381 e. The first-order valence-electron chi connectivity index (χ1n) is 10.3. The number of aromatic nitrogens is 7. The smallest absolute Gasteiger partial charge is 0.158 e. The summed E-state index contributed by atoms with van der Waals surface area (Å²) in [4.78, 5) is 5.02. The Morgan fingerprint density at radius 1 is 0.929 bits per heavy atom. The average molecular weight is 379 g/mol. The van der Waals surface area contributed by atoms with Crippen molar-refractivity contribution in [1.29, 1.82) is 0 Å². The standard InChI is InChI=1S/C20H25N7O/c1-2-4-18(5-3-1)27-20(22-19(23-27)15-10-12-28-13-11-15)16-6-8-17(9-7-16)26-14-21-24-25-26/h6-9,14-15,18H,1-5,10-13H2. The molecule has 28 heavy (non-hydrogen) atoms. The van der Waals surface area contributed by atoms with Gasteiger partial charge < -0.3 is 4.74 Å². The lowest BCUT2D eigenvalue weighted by Gasteiger charge is -2.23. The van der Waals surface area contributed by atoms with Crippen LogP contribution >= 0.6 is 0 Å². The molecule has 3 heterocycles. The summed E-state index contributed by atoms with van der Waals surface area (Å²) in [5.41, 5.74) is 2.02. The summed E-state index contributed by atoms with van der Waals surface area (Å²) in [7, 11) is 0. The maximum atomic E-state index is 5.53.